The van der Waals surface area contributed by atoms with Crippen LogP contribution >= 0.6 is 0 Å². The molecule has 0 amide bonds. The Labute approximate surface area is 127 Å². The maximum absolute atomic E-state index is 5.37. The smallest absolute Gasteiger partial charge is 0.161 e. The van der Waals surface area contributed by atoms with Crippen molar-refractivity contribution in [3.05, 3.63) is 23.8 Å². The minimum Gasteiger partial charge on any atom is -0.493 e. The van der Waals surface area contributed by atoms with Crippen molar-refractivity contribution in [2.75, 3.05) is 14.2 Å². The minimum atomic E-state index is 0.504. The van der Waals surface area contributed by atoms with Crippen LogP contribution in [0.2, 0.25) is 0 Å². The zero-order chi connectivity index (χ0) is 15.4. The third kappa shape index (κ3) is 3.49. The summed E-state index contributed by atoms with van der Waals surface area (Å²) in [5, 5.41) is 7.10. The van der Waals surface area contributed by atoms with E-state index in [4.69, 9.17) is 14.6 Å². The van der Waals surface area contributed by atoms with Crippen molar-refractivity contribution in [3.8, 4) is 11.5 Å². The van der Waals surface area contributed by atoms with Gasteiger partial charge >= 0.3 is 0 Å². The molecule has 0 saturated carbocycles. The lowest BCUT2D eigenvalue weighted by atomic mass is 10.00. The van der Waals surface area contributed by atoms with Crippen molar-refractivity contribution in [1.82, 2.24) is 5.01 Å². The average Bonchev–Trinajstić information content (AvgIpc) is 2.50. The number of methoxy groups -OCH3 is 2. The number of hydrazone groups is 1. The summed E-state index contributed by atoms with van der Waals surface area (Å²) >= 11 is 0. The second kappa shape index (κ2) is 6.83. The van der Waals surface area contributed by atoms with Crippen LogP contribution in [0.4, 0.5) is 0 Å². The van der Waals surface area contributed by atoms with E-state index in [0.717, 1.165) is 22.8 Å². The van der Waals surface area contributed by atoms with Gasteiger partial charge in [0.05, 0.1) is 19.9 Å². The predicted octanol–water partition coefficient (Wildman–Crippen LogP) is 3.69. The predicted molar refractivity (Wildman–Crippen MR) is 86.4 cm³/mol. The molecular formula is C17H26N2O2. The van der Waals surface area contributed by atoms with E-state index in [1.165, 1.54) is 19.3 Å². The molecule has 116 valence electrons. The van der Waals surface area contributed by atoms with Gasteiger partial charge in [0.2, 0.25) is 0 Å². The topological polar surface area (TPSA) is 34.1 Å². The Morgan fingerprint density at radius 1 is 1.10 bits per heavy atom. The van der Waals surface area contributed by atoms with Gasteiger partial charge in [-0.15, -0.1) is 0 Å². The summed E-state index contributed by atoms with van der Waals surface area (Å²) in [4.78, 5) is 0. The number of hydrogen-bond acceptors (Lipinski definition) is 4. The van der Waals surface area contributed by atoms with Crippen molar-refractivity contribution >= 4 is 5.71 Å². The second-order valence-corrected chi connectivity index (χ2v) is 5.76. The molecule has 1 aromatic rings. The standard InChI is InChI=1S/C17H26N2O2/c1-12-7-6-8-13(2)19(12)18-14(3)15-9-10-16(20-4)17(11-15)21-5/h9-13H,6-8H2,1-5H3. The number of nitrogens with zero attached hydrogens (tertiary/aromatic N) is 2. The van der Waals surface area contributed by atoms with Crippen molar-refractivity contribution in [2.24, 2.45) is 5.10 Å². The number of piperidine rings is 1. The van der Waals surface area contributed by atoms with Crippen LogP contribution in [-0.4, -0.2) is 37.0 Å². The van der Waals surface area contributed by atoms with Crippen LogP contribution in [0.3, 0.4) is 0 Å². The van der Waals surface area contributed by atoms with E-state index in [0.29, 0.717) is 12.1 Å². The van der Waals surface area contributed by atoms with E-state index >= 15 is 0 Å². The summed E-state index contributed by atoms with van der Waals surface area (Å²) in [5.41, 5.74) is 2.08. The van der Waals surface area contributed by atoms with E-state index in [2.05, 4.69) is 25.8 Å². The molecule has 4 nitrogen and oxygen atoms in total. The highest BCUT2D eigenvalue weighted by Gasteiger charge is 2.23. The van der Waals surface area contributed by atoms with Gasteiger partial charge in [0.1, 0.15) is 0 Å². The molecule has 0 aliphatic carbocycles. The number of benzene rings is 1. The van der Waals surface area contributed by atoms with Crippen LogP contribution in [0.15, 0.2) is 23.3 Å². The highest BCUT2D eigenvalue weighted by molar-refractivity contribution is 5.99. The van der Waals surface area contributed by atoms with Crippen LogP contribution in [0.1, 0.15) is 45.6 Å². The molecule has 2 rings (SSSR count). The molecule has 2 unspecified atom stereocenters. The van der Waals surface area contributed by atoms with Gasteiger partial charge in [0.15, 0.2) is 11.5 Å². The van der Waals surface area contributed by atoms with E-state index in [9.17, 15) is 0 Å². The van der Waals surface area contributed by atoms with Gasteiger partial charge in [-0.05, 0) is 58.2 Å². The summed E-state index contributed by atoms with van der Waals surface area (Å²) < 4.78 is 10.6. The SMILES string of the molecule is COc1ccc(C(C)=NN2C(C)CCCC2C)cc1OC. The zero-order valence-electron chi connectivity index (χ0n) is 13.7. The first-order chi connectivity index (χ1) is 10.1. The monoisotopic (exact) mass is 290 g/mol. The Balaban J connectivity index is 2.26. The number of ether oxygens (including phenoxy) is 2. The van der Waals surface area contributed by atoms with Crippen LogP contribution in [-0.2, 0) is 0 Å². The molecule has 1 heterocycles. The Bertz CT molecular complexity index is 504. The van der Waals surface area contributed by atoms with Crippen molar-refractivity contribution in [2.45, 2.75) is 52.1 Å². The average molecular weight is 290 g/mol. The second-order valence-electron chi connectivity index (χ2n) is 5.76. The Kier molecular flexibility index (Phi) is 5.10. The fourth-order valence-corrected chi connectivity index (χ4v) is 2.90. The van der Waals surface area contributed by atoms with Gasteiger partial charge in [-0.25, -0.2) is 0 Å². The molecular weight excluding hydrogens is 264 g/mol. The van der Waals surface area contributed by atoms with Gasteiger partial charge in [-0.1, -0.05) is 0 Å². The quantitative estimate of drug-likeness (QED) is 0.793. The van der Waals surface area contributed by atoms with Crippen LogP contribution in [0.25, 0.3) is 0 Å². The third-order valence-corrected chi connectivity index (χ3v) is 4.21. The van der Waals surface area contributed by atoms with Gasteiger partial charge < -0.3 is 9.47 Å². The van der Waals surface area contributed by atoms with Crippen molar-refractivity contribution < 1.29 is 9.47 Å². The number of hydrogen-bond donors (Lipinski definition) is 0. The highest BCUT2D eigenvalue weighted by atomic mass is 16.5. The van der Waals surface area contributed by atoms with Crippen LogP contribution in [0, 0.1) is 0 Å². The lowest BCUT2D eigenvalue weighted by molar-refractivity contribution is 0.108. The largest absolute Gasteiger partial charge is 0.493 e. The molecule has 1 saturated heterocycles. The van der Waals surface area contributed by atoms with E-state index < -0.39 is 0 Å². The lowest BCUT2D eigenvalue weighted by Crippen LogP contribution is -2.40. The first-order valence-electron chi connectivity index (χ1n) is 7.62. The summed E-state index contributed by atoms with van der Waals surface area (Å²) in [6, 6.07) is 6.94. The van der Waals surface area contributed by atoms with Gasteiger partial charge in [-0.3, -0.25) is 5.01 Å². The van der Waals surface area contributed by atoms with Gasteiger partial charge in [-0.2, -0.15) is 5.10 Å². The third-order valence-electron chi connectivity index (χ3n) is 4.21. The van der Waals surface area contributed by atoms with Crippen LogP contribution < -0.4 is 9.47 Å². The van der Waals surface area contributed by atoms with Gasteiger partial charge in [0, 0.05) is 17.6 Å². The molecule has 1 aliphatic rings. The maximum atomic E-state index is 5.37. The number of rotatable bonds is 4. The Morgan fingerprint density at radius 3 is 2.29 bits per heavy atom. The zero-order valence-corrected chi connectivity index (χ0v) is 13.7. The molecule has 4 heteroatoms. The van der Waals surface area contributed by atoms with Gasteiger partial charge in [0.25, 0.3) is 0 Å². The highest BCUT2D eigenvalue weighted by Crippen LogP contribution is 2.28. The molecule has 2 atom stereocenters. The molecule has 1 aliphatic heterocycles. The molecule has 21 heavy (non-hydrogen) atoms. The summed E-state index contributed by atoms with van der Waals surface area (Å²) in [7, 11) is 3.30. The fraction of sp³-hybridized carbons (Fsp3) is 0.588. The summed E-state index contributed by atoms with van der Waals surface area (Å²) in [6.45, 7) is 6.55. The van der Waals surface area contributed by atoms with E-state index in [1.807, 2.05) is 18.2 Å². The lowest BCUT2D eigenvalue weighted by Gasteiger charge is -2.37. The molecule has 1 fully saturated rings. The Morgan fingerprint density at radius 2 is 1.71 bits per heavy atom. The van der Waals surface area contributed by atoms with E-state index in [-0.39, 0.29) is 0 Å². The van der Waals surface area contributed by atoms with E-state index in [1.54, 1.807) is 14.2 Å². The van der Waals surface area contributed by atoms with Crippen LogP contribution in [0.5, 0.6) is 11.5 Å². The molecule has 1 aromatic carbocycles. The Hall–Kier alpha value is -1.71. The van der Waals surface area contributed by atoms with Crippen molar-refractivity contribution in [1.29, 1.82) is 0 Å². The first kappa shape index (κ1) is 15.7. The molecule has 0 N–H and O–H groups in total. The molecule has 0 bridgehead atoms. The summed E-state index contributed by atoms with van der Waals surface area (Å²) in [6.07, 6.45) is 3.73. The molecule has 0 radical (unpaired) electrons. The molecule has 0 spiro atoms. The first-order valence-corrected chi connectivity index (χ1v) is 7.62. The fourth-order valence-electron chi connectivity index (χ4n) is 2.90. The molecule has 0 aromatic heterocycles. The normalized spacial score (nSPS) is 23.1. The minimum absolute atomic E-state index is 0.504. The summed E-state index contributed by atoms with van der Waals surface area (Å²) in [5.74, 6) is 1.48. The maximum Gasteiger partial charge on any atom is 0.161 e. The van der Waals surface area contributed by atoms with Crippen molar-refractivity contribution in [3.63, 3.8) is 0 Å².